The first-order valence-electron chi connectivity index (χ1n) is 6.56. The summed E-state index contributed by atoms with van der Waals surface area (Å²) in [6.07, 6.45) is 6.96. The van der Waals surface area contributed by atoms with E-state index in [2.05, 4.69) is 5.92 Å². The van der Waals surface area contributed by atoms with Crippen molar-refractivity contribution in [2.45, 2.75) is 0 Å². The van der Waals surface area contributed by atoms with Gasteiger partial charge in [-0.1, -0.05) is 42.0 Å². The third-order valence-corrected chi connectivity index (χ3v) is 4.27. The van der Waals surface area contributed by atoms with Crippen molar-refractivity contribution in [3.63, 3.8) is 0 Å². The average molecular weight is 333 g/mol. The molecule has 2 rings (SSSR count). The lowest BCUT2D eigenvalue weighted by Crippen LogP contribution is -2.31. The number of methoxy groups -OCH3 is 1. The molecule has 0 saturated carbocycles. The molecule has 6 heteroatoms. The van der Waals surface area contributed by atoms with Crippen LogP contribution in [0.15, 0.2) is 29.2 Å². The van der Waals surface area contributed by atoms with Crippen LogP contribution in [0.4, 0.5) is 0 Å². The molecule has 1 aliphatic rings. The summed E-state index contributed by atoms with van der Waals surface area (Å²) in [5.74, 6) is 3.02. The van der Waals surface area contributed by atoms with Gasteiger partial charge in [-0.25, -0.2) is 0 Å². The van der Waals surface area contributed by atoms with Crippen molar-refractivity contribution in [1.29, 1.82) is 0 Å². The molecule has 0 aliphatic carbocycles. The highest BCUT2D eigenvalue weighted by Gasteiger charge is 2.31. The smallest absolute Gasteiger partial charge is 0.266 e. The van der Waals surface area contributed by atoms with E-state index in [0.717, 1.165) is 5.56 Å². The molecule has 22 heavy (non-hydrogen) atoms. The molecule has 0 spiro atoms. The zero-order valence-electron chi connectivity index (χ0n) is 12.1. The van der Waals surface area contributed by atoms with Gasteiger partial charge in [-0.05, 0) is 23.8 Å². The van der Waals surface area contributed by atoms with Gasteiger partial charge in [-0.3, -0.25) is 9.69 Å². The summed E-state index contributed by atoms with van der Waals surface area (Å²) >= 11 is 6.53. The van der Waals surface area contributed by atoms with E-state index in [1.165, 1.54) is 11.8 Å². The molecule has 0 N–H and O–H groups in total. The van der Waals surface area contributed by atoms with E-state index in [0.29, 0.717) is 28.1 Å². The Bertz CT molecular complexity index is 632. The number of ether oxygens (including phenoxy) is 2. The van der Waals surface area contributed by atoms with Gasteiger partial charge < -0.3 is 9.47 Å². The topological polar surface area (TPSA) is 38.8 Å². The van der Waals surface area contributed by atoms with Gasteiger partial charge in [0.05, 0.1) is 18.1 Å². The van der Waals surface area contributed by atoms with E-state index >= 15 is 0 Å². The van der Waals surface area contributed by atoms with Crippen LogP contribution in [-0.2, 0) is 9.53 Å². The van der Waals surface area contributed by atoms with Gasteiger partial charge in [0.15, 0.2) is 0 Å². The molecule has 1 heterocycles. The molecule has 1 fully saturated rings. The summed E-state index contributed by atoms with van der Waals surface area (Å²) in [4.78, 5) is 14.4. The third-order valence-electron chi connectivity index (χ3n) is 2.89. The molecule has 0 unspecified atom stereocenters. The van der Waals surface area contributed by atoms with Crippen LogP contribution in [0.3, 0.4) is 0 Å². The molecule has 0 bridgehead atoms. The molecule has 1 saturated heterocycles. The predicted molar refractivity (Wildman–Crippen MR) is 92.5 cm³/mol. The van der Waals surface area contributed by atoms with Crippen molar-refractivity contribution in [1.82, 2.24) is 4.90 Å². The molecule has 0 radical (unpaired) electrons. The number of carbonyl (C=O) groups excluding carboxylic acids is 1. The standard InChI is InChI=1S/C16H15NO3S2/c1-3-9-20-13-6-4-12(5-7-13)11-14-15(18)17(8-10-19-2)16(21)22-14/h1,4-7,11H,8-10H2,2H3. The quantitative estimate of drug-likeness (QED) is 0.454. The van der Waals surface area contributed by atoms with Crippen LogP contribution in [0.2, 0.25) is 0 Å². The number of thiocarbonyl (C=S) groups is 1. The maximum atomic E-state index is 12.3. The number of hydrogen-bond donors (Lipinski definition) is 0. The van der Waals surface area contributed by atoms with E-state index in [1.807, 2.05) is 30.3 Å². The number of amides is 1. The Balaban J connectivity index is 2.08. The largest absolute Gasteiger partial charge is 0.481 e. The average Bonchev–Trinajstić information content (AvgIpc) is 2.79. The van der Waals surface area contributed by atoms with Gasteiger partial charge in [-0.2, -0.15) is 0 Å². The number of thioether (sulfide) groups is 1. The van der Waals surface area contributed by atoms with Crippen molar-refractivity contribution in [3.05, 3.63) is 34.7 Å². The van der Waals surface area contributed by atoms with Crippen LogP contribution in [0, 0.1) is 12.3 Å². The van der Waals surface area contributed by atoms with Gasteiger partial charge in [-0.15, -0.1) is 6.42 Å². The first kappa shape index (κ1) is 16.6. The first-order chi connectivity index (χ1) is 10.7. The van der Waals surface area contributed by atoms with Crippen LogP contribution in [0.5, 0.6) is 5.75 Å². The van der Waals surface area contributed by atoms with Crippen molar-refractivity contribution in [3.8, 4) is 18.1 Å². The van der Waals surface area contributed by atoms with Crippen LogP contribution < -0.4 is 4.74 Å². The van der Waals surface area contributed by atoms with Gasteiger partial charge in [0.25, 0.3) is 5.91 Å². The highest BCUT2D eigenvalue weighted by atomic mass is 32.2. The molecular weight excluding hydrogens is 318 g/mol. The second-order valence-electron chi connectivity index (χ2n) is 4.39. The summed E-state index contributed by atoms with van der Waals surface area (Å²) in [5.41, 5.74) is 0.903. The summed E-state index contributed by atoms with van der Waals surface area (Å²) in [7, 11) is 1.59. The second-order valence-corrected chi connectivity index (χ2v) is 6.06. The maximum Gasteiger partial charge on any atom is 0.266 e. The fourth-order valence-corrected chi connectivity index (χ4v) is 3.12. The minimum absolute atomic E-state index is 0.0836. The van der Waals surface area contributed by atoms with E-state index in [-0.39, 0.29) is 12.5 Å². The number of nitrogens with zero attached hydrogens (tertiary/aromatic N) is 1. The highest BCUT2D eigenvalue weighted by molar-refractivity contribution is 8.26. The predicted octanol–water partition coefficient (Wildman–Crippen LogP) is 2.55. The van der Waals surface area contributed by atoms with Crippen LogP contribution >= 0.6 is 24.0 Å². The minimum atomic E-state index is -0.0836. The fraction of sp³-hybridized carbons (Fsp3) is 0.250. The molecule has 1 aliphatic heterocycles. The Labute approximate surface area is 139 Å². The summed E-state index contributed by atoms with van der Waals surface area (Å²) in [6.45, 7) is 1.16. The normalized spacial score (nSPS) is 16.2. The number of hydrogen-bond acceptors (Lipinski definition) is 5. The number of carbonyl (C=O) groups is 1. The molecular formula is C16H15NO3S2. The first-order valence-corrected chi connectivity index (χ1v) is 7.79. The lowest BCUT2D eigenvalue weighted by atomic mass is 10.2. The molecule has 0 aromatic heterocycles. The molecule has 114 valence electrons. The van der Waals surface area contributed by atoms with Gasteiger partial charge in [0, 0.05) is 7.11 Å². The summed E-state index contributed by atoms with van der Waals surface area (Å²) in [5, 5.41) is 0. The zero-order valence-corrected chi connectivity index (χ0v) is 13.7. The van der Waals surface area contributed by atoms with Crippen LogP contribution in [0.25, 0.3) is 6.08 Å². The van der Waals surface area contributed by atoms with Crippen molar-refractivity contribution in [2.75, 3.05) is 26.9 Å². The Morgan fingerprint density at radius 2 is 2.14 bits per heavy atom. The Morgan fingerprint density at radius 1 is 1.41 bits per heavy atom. The van der Waals surface area contributed by atoms with Gasteiger partial charge in [0.1, 0.15) is 16.7 Å². The van der Waals surface area contributed by atoms with E-state index < -0.39 is 0 Å². The zero-order chi connectivity index (χ0) is 15.9. The molecule has 1 aromatic carbocycles. The number of rotatable bonds is 6. The van der Waals surface area contributed by atoms with E-state index in [9.17, 15) is 4.79 Å². The fourth-order valence-electron chi connectivity index (χ4n) is 1.81. The lowest BCUT2D eigenvalue weighted by Gasteiger charge is -2.12. The van der Waals surface area contributed by atoms with E-state index in [1.54, 1.807) is 12.0 Å². The second kappa shape index (κ2) is 7.99. The SMILES string of the molecule is C#CCOc1ccc(C=C2SC(=S)N(CCOC)C2=O)cc1. The molecule has 0 atom stereocenters. The monoisotopic (exact) mass is 333 g/mol. The molecule has 4 nitrogen and oxygen atoms in total. The van der Waals surface area contributed by atoms with Gasteiger partial charge in [0.2, 0.25) is 0 Å². The van der Waals surface area contributed by atoms with Crippen molar-refractivity contribution in [2.24, 2.45) is 0 Å². The third kappa shape index (κ3) is 4.10. The summed E-state index contributed by atoms with van der Waals surface area (Å²) < 4.78 is 10.9. The van der Waals surface area contributed by atoms with Gasteiger partial charge >= 0.3 is 0 Å². The Hall–Kier alpha value is -1.81. The lowest BCUT2D eigenvalue weighted by molar-refractivity contribution is -0.122. The highest BCUT2D eigenvalue weighted by Crippen LogP contribution is 2.32. The molecule has 1 amide bonds. The number of benzene rings is 1. The van der Waals surface area contributed by atoms with Crippen LogP contribution in [0.1, 0.15) is 5.56 Å². The van der Waals surface area contributed by atoms with Crippen LogP contribution in [-0.4, -0.2) is 42.0 Å². The Morgan fingerprint density at radius 3 is 2.77 bits per heavy atom. The maximum absolute atomic E-state index is 12.3. The summed E-state index contributed by atoms with van der Waals surface area (Å²) in [6, 6.07) is 7.37. The number of terminal acetylenes is 1. The Kier molecular flexibility index (Phi) is 6.01. The molecule has 1 aromatic rings. The van der Waals surface area contributed by atoms with Crippen molar-refractivity contribution >= 4 is 40.3 Å². The van der Waals surface area contributed by atoms with Crippen molar-refractivity contribution < 1.29 is 14.3 Å². The van der Waals surface area contributed by atoms with E-state index in [4.69, 9.17) is 28.1 Å². The minimum Gasteiger partial charge on any atom is -0.481 e.